The van der Waals surface area contributed by atoms with Crippen LogP contribution in [0.5, 0.6) is 0 Å². The van der Waals surface area contributed by atoms with E-state index in [-0.39, 0.29) is 0 Å². The van der Waals surface area contributed by atoms with E-state index in [2.05, 4.69) is 50.3 Å². The van der Waals surface area contributed by atoms with Crippen molar-refractivity contribution in [2.75, 3.05) is 0 Å². The summed E-state index contributed by atoms with van der Waals surface area (Å²) in [6.45, 7) is 15.5. The zero-order valence-corrected chi connectivity index (χ0v) is 20.2. The minimum atomic E-state index is -0.662. The van der Waals surface area contributed by atoms with Crippen LogP contribution in [0, 0.1) is 0 Å². The SMILES string of the molecule is CC(C=CC=CC(C)=CC=CC(C)=CCC(C)(C)O)=CC=CC(C)=CCC(C)(C)O. The molecule has 0 fully saturated rings. The summed E-state index contributed by atoms with van der Waals surface area (Å²) >= 11 is 0. The molecule has 2 heteroatoms. The van der Waals surface area contributed by atoms with Crippen LogP contribution in [0.25, 0.3) is 0 Å². The molecule has 0 rings (SSSR count). The maximum atomic E-state index is 9.75. The summed E-state index contributed by atoms with van der Waals surface area (Å²) in [5.74, 6) is 0. The molecule has 0 heterocycles. The van der Waals surface area contributed by atoms with Gasteiger partial charge in [0.1, 0.15) is 0 Å². The largest absolute Gasteiger partial charge is 0.390 e. The zero-order chi connectivity index (χ0) is 23.2. The third-order valence-corrected chi connectivity index (χ3v) is 4.11. The Morgan fingerprint density at radius 1 is 0.533 bits per heavy atom. The van der Waals surface area contributed by atoms with Crippen molar-refractivity contribution in [1.82, 2.24) is 0 Å². The van der Waals surface area contributed by atoms with Crippen molar-refractivity contribution in [3.8, 4) is 0 Å². The average Bonchev–Trinajstić information content (AvgIpc) is 2.61. The first-order chi connectivity index (χ1) is 13.8. The molecule has 0 aromatic heterocycles. The van der Waals surface area contributed by atoms with E-state index in [1.165, 1.54) is 11.1 Å². The summed E-state index contributed by atoms with van der Waals surface area (Å²) in [7, 11) is 0. The Balaban J connectivity index is 4.61. The lowest BCUT2D eigenvalue weighted by Gasteiger charge is -2.13. The molecule has 0 amide bonds. The predicted molar refractivity (Wildman–Crippen MR) is 133 cm³/mol. The first-order valence-electron chi connectivity index (χ1n) is 10.6. The summed E-state index contributed by atoms with van der Waals surface area (Å²) < 4.78 is 0. The third kappa shape index (κ3) is 19.2. The second-order valence-corrected chi connectivity index (χ2v) is 9.19. The Morgan fingerprint density at radius 2 is 0.833 bits per heavy atom. The van der Waals surface area contributed by atoms with Crippen LogP contribution in [0.4, 0.5) is 0 Å². The second-order valence-electron chi connectivity index (χ2n) is 9.19. The van der Waals surface area contributed by atoms with Crippen LogP contribution in [0.1, 0.15) is 68.2 Å². The van der Waals surface area contributed by atoms with Crippen molar-refractivity contribution >= 4 is 0 Å². The Bertz CT molecular complexity index is 683. The molecule has 0 atom stereocenters. The monoisotopic (exact) mass is 410 g/mol. The normalized spacial score (nSPS) is 16.2. The van der Waals surface area contributed by atoms with Crippen LogP contribution in [-0.2, 0) is 0 Å². The first-order valence-corrected chi connectivity index (χ1v) is 10.6. The molecular weight excluding hydrogens is 368 g/mol. The van der Waals surface area contributed by atoms with Crippen molar-refractivity contribution in [3.63, 3.8) is 0 Å². The molecule has 0 radical (unpaired) electrons. The summed E-state index contributed by atoms with van der Waals surface area (Å²) in [4.78, 5) is 0. The molecule has 166 valence electrons. The van der Waals surface area contributed by atoms with Gasteiger partial charge in [0.15, 0.2) is 0 Å². The van der Waals surface area contributed by atoms with Gasteiger partial charge in [-0.25, -0.2) is 0 Å². The molecule has 2 N–H and O–H groups in total. The first kappa shape index (κ1) is 27.8. The highest BCUT2D eigenvalue weighted by Crippen LogP contribution is 2.11. The van der Waals surface area contributed by atoms with Gasteiger partial charge in [-0.05, 0) is 68.2 Å². The van der Waals surface area contributed by atoms with E-state index < -0.39 is 11.2 Å². The Kier molecular flexibility index (Phi) is 12.9. The molecule has 0 aliphatic heterocycles. The zero-order valence-electron chi connectivity index (χ0n) is 20.2. The van der Waals surface area contributed by atoms with Gasteiger partial charge in [0.05, 0.1) is 11.2 Å². The van der Waals surface area contributed by atoms with Gasteiger partial charge in [-0.2, -0.15) is 0 Å². The van der Waals surface area contributed by atoms with Crippen LogP contribution in [0.3, 0.4) is 0 Å². The lowest BCUT2D eigenvalue weighted by Crippen LogP contribution is -2.16. The molecule has 0 saturated carbocycles. The van der Waals surface area contributed by atoms with E-state index in [9.17, 15) is 10.2 Å². The Labute approximate surface area is 185 Å². The molecule has 2 nitrogen and oxygen atoms in total. The van der Waals surface area contributed by atoms with Crippen LogP contribution in [0.2, 0.25) is 0 Å². The molecule has 30 heavy (non-hydrogen) atoms. The van der Waals surface area contributed by atoms with Crippen molar-refractivity contribution < 1.29 is 10.2 Å². The van der Waals surface area contributed by atoms with E-state index in [0.29, 0.717) is 12.8 Å². The molecule has 0 aliphatic carbocycles. The van der Waals surface area contributed by atoms with Crippen LogP contribution in [0.15, 0.2) is 95.2 Å². The Hall–Kier alpha value is -2.16. The summed E-state index contributed by atoms with van der Waals surface area (Å²) in [6.07, 6.45) is 25.9. The van der Waals surface area contributed by atoms with Crippen molar-refractivity contribution in [2.24, 2.45) is 0 Å². The van der Waals surface area contributed by atoms with Gasteiger partial charge < -0.3 is 10.2 Å². The van der Waals surface area contributed by atoms with Gasteiger partial charge in [-0.1, -0.05) is 95.2 Å². The van der Waals surface area contributed by atoms with Gasteiger partial charge in [0.25, 0.3) is 0 Å². The third-order valence-electron chi connectivity index (χ3n) is 4.11. The lowest BCUT2D eigenvalue weighted by molar-refractivity contribution is 0.0831. The number of rotatable bonds is 11. The second kappa shape index (κ2) is 14.0. The maximum Gasteiger partial charge on any atom is 0.0626 e. The standard InChI is InChI=1S/C28H42O2/c1-23(15-11-17-25(3)19-21-27(5,6)29)13-9-10-14-24(2)16-12-18-26(4)20-22-28(7,8)30/h9-20,29-30H,21-22H2,1-8H3. The molecule has 0 saturated heterocycles. The molecule has 0 bridgehead atoms. The highest BCUT2D eigenvalue weighted by molar-refractivity contribution is 5.31. The molecule has 0 aliphatic rings. The number of hydrogen-bond acceptors (Lipinski definition) is 2. The van der Waals surface area contributed by atoms with Gasteiger partial charge >= 0.3 is 0 Å². The average molecular weight is 411 g/mol. The molecule has 0 unspecified atom stereocenters. The van der Waals surface area contributed by atoms with Crippen LogP contribution < -0.4 is 0 Å². The van der Waals surface area contributed by atoms with Gasteiger partial charge in [-0.3, -0.25) is 0 Å². The van der Waals surface area contributed by atoms with E-state index in [0.717, 1.165) is 11.1 Å². The molecular formula is C28H42O2. The predicted octanol–water partition coefficient (Wildman–Crippen LogP) is 7.32. The number of allylic oxidation sites excluding steroid dienone is 14. The lowest BCUT2D eigenvalue weighted by atomic mass is 10.0. The Morgan fingerprint density at radius 3 is 1.13 bits per heavy atom. The van der Waals surface area contributed by atoms with E-state index >= 15 is 0 Å². The summed E-state index contributed by atoms with van der Waals surface area (Å²) in [5.41, 5.74) is 3.30. The smallest absolute Gasteiger partial charge is 0.0626 e. The van der Waals surface area contributed by atoms with E-state index in [4.69, 9.17) is 0 Å². The number of hydrogen-bond donors (Lipinski definition) is 2. The minimum Gasteiger partial charge on any atom is -0.390 e. The van der Waals surface area contributed by atoms with Gasteiger partial charge in [0.2, 0.25) is 0 Å². The molecule has 0 aromatic carbocycles. The summed E-state index contributed by atoms with van der Waals surface area (Å²) in [5, 5.41) is 19.5. The highest BCUT2D eigenvalue weighted by Gasteiger charge is 2.09. The van der Waals surface area contributed by atoms with Crippen molar-refractivity contribution in [3.05, 3.63) is 95.2 Å². The van der Waals surface area contributed by atoms with E-state index in [1.54, 1.807) is 0 Å². The van der Waals surface area contributed by atoms with Gasteiger partial charge in [0, 0.05) is 0 Å². The maximum absolute atomic E-state index is 9.75. The topological polar surface area (TPSA) is 40.5 Å². The van der Waals surface area contributed by atoms with Crippen LogP contribution >= 0.6 is 0 Å². The molecule has 0 spiro atoms. The fourth-order valence-electron chi connectivity index (χ4n) is 2.19. The van der Waals surface area contributed by atoms with E-state index in [1.807, 2.05) is 78.0 Å². The fourth-order valence-corrected chi connectivity index (χ4v) is 2.19. The fraction of sp³-hybridized carbons (Fsp3) is 0.429. The highest BCUT2D eigenvalue weighted by atomic mass is 16.3. The molecule has 0 aromatic rings. The van der Waals surface area contributed by atoms with Crippen LogP contribution in [-0.4, -0.2) is 21.4 Å². The number of aliphatic hydroxyl groups is 2. The van der Waals surface area contributed by atoms with Crippen molar-refractivity contribution in [2.45, 2.75) is 79.4 Å². The summed E-state index contributed by atoms with van der Waals surface area (Å²) in [6, 6.07) is 0. The quantitative estimate of drug-likeness (QED) is 0.350. The van der Waals surface area contributed by atoms with Gasteiger partial charge in [-0.15, -0.1) is 0 Å². The minimum absolute atomic E-state index is 0.648. The van der Waals surface area contributed by atoms with Crippen molar-refractivity contribution in [1.29, 1.82) is 0 Å².